The highest BCUT2D eigenvalue weighted by molar-refractivity contribution is 4.88. The number of rotatable bonds is 4. The maximum atomic E-state index is 5.86. The Balaban J connectivity index is 4.01. The lowest BCUT2D eigenvalue weighted by Crippen LogP contribution is -2.39. The lowest BCUT2D eigenvalue weighted by atomic mass is 9.79. The van der Waals surface area contributed by atoms with E-state index in [2.05, 4.69) is 60.6 Å². The molecule has 14 heavy (non-hydrogen) atoms. The van der Waals surface area contributed by atoms with E-state index in [1.807, 2.05) is 0 Å². The van der Waals surface area contributed by atoms with Gasteiger partial charge in [0, 0.05) is 0 Å². The van der Waals surface area contributed by atoms with Gasteiger partial charge in [0.2, 0.25) is 0 Å². The van der Waals surface area contributed by atoms with Gasteiger partial charge in [-0.15, -0.1) is 0 Å². The molecule has 0 N–H and O–H groups in total. The molecular formula is C13H26O. The minimum absolute atomic E-state index is 0.0751. The van der Waals surface area contributed by atoms with Gasteiger partial charge in [0.05, 0.1) is 12.2 Å². The standard InChI is InChI=1S/C13H26O/c1-11(2)9-8-10-14-13(6,7)12(3,4)5/h8-9,11H,10H2,1-7H3. The second-order valence-corrected chi connectivity index (χ2v) is 5.74. The van der Waals surface area contributed by atoms with Crippen molar-refractivity contribution in [3.8, 4) is 0 Å². The predicted molar refractivity (Wildman–Crippen MR) is 63.5 cm³/mol. The molecule has 84 valence electrons. The van der Waals surface area contributed by atoms with Gasteiger partial charge in [-0.1, -0.05) is 46.8 Å². The Kier molecular flexibility index (Phi) is 4.87. The van der Waals surface area contributed by atoms with Gasteiger partial charge in [-0.2, -0.15) is 0 Å². The number of allylic oxidation sites excluding steroid dienone is 1. The van der Waals surface area contributed by atoms with Crippen molar-refractivity contribution in [2.45, 2.75) is 54.1 Å². The third kappa shape index (κ3) is 4.80. The van der Waals surface area contributed by atoms with Crippen molar-refractivity contribution in [1.29, 1.82) is 0 Å². The van der Waals surface area contributed by atoms with E-state index in [9.17, 15) is 0 Å². The average molecular weight is 198 g/mol. The van der Waals surface area contributed by atoms with Gasteiger partial charge < -0.3 is 4.74 Å². The SMILES string of the molecule is CC(C)C=CCOC(C)(C)C(C)(C)C. The van der Waals surface area contributed by atoms with Gasteiger partial charge in [0.1, 0.15) is 0 Å². The zero-order chi connectivity index (χ0) is 11.4. The summed E-state index contributed by atoms with van der Waals surface area (Å²) >= 11 is 0. The molecule has 0 spiro atoms. The van der Waals surface area contributed by atoms with Crippen LogP contribution < -0.4 is 0 Å². The molecule has 0 aliphatic heterocycles. The number of ether oxygens (including phenoxy) is 1. The highest BCUT2D eigenvalue weighted by Crippen LogP contribution is 2.32. The lowest BCUT2D eigenvalue weighted by Gasteiger charge is -2.38. The third-order valence-corrected chi connectivity index (χ3v) is 2.87. The van der Waals surface area contributed by atoms with Crippen LogP contribution in [0.2, 0.25) is 0 Å². The van der Waals surface area contributed by atoms with E-state index in [0.29, 0.717) is 12.5 Å². The van der Waals surface area contributed by atoms with Gasteiger partial charge in [0.15, 0.2) is 0 Å². The van der Waals surface area contributed by atoms with E-state index in [-0.39, 0.29) is 11.0 Å². The Morgan fingerprint density at radius 1 is 1.07 bits per heavy atom. The van der Waals surface area contributed by atoms with Gasteiger partial charge in [0.25, 0.3) is 0 Å². The molecule has 0 aliphatic carbocycles. The van der Waals surface area contributed by atoms with Crippen LogP contribution in [0.25, 0.3) is 0 Å². The average Bonchev–Trinajstić information content (AvgIpc) is 1.95. The Bertz CT molecular complexity index is 182. The van der Waals surface area contributed by atoms with Crippen LogP contribution >= 0.6 is 0 Å². The zero-order valence-electron chi connectivity index (χ0n) is 10.8. The monoisotopic (exact) mass is 198 g/mol. The molecular weight excluding hydrogens is 172 g/mol. The summed E-state index contributed by atoms with van der Waals surface area (Å²) in [5.41, 5.74) is 0.104. The van der Waals surface area contributed by atoms with Crippen molar-refractivity contribution < 1.29 is 4.74 Å². The van der Waals surface area contributed by atoms with Gasteiger partial charge in [-0.25, -0.2) is 0 Å². The smallest absolute Gasteiger partial charge is 0.0678 e. The van der Waals surface area contributed by atoms with Crippen molar-refractivity contribution >= 4 is 0 Å². The first-order chi connectivity index (χ1) is 6.17. The Morgan fingerprint density at radius 3 is 1.93 bits per heavy atom. The fourth-order valence-corrected chi connectivity index (χ4v) is 0.801. The highest BCUT2D eigenvalue weighted by Gasteiger charge is 2.33. The predicted octanol–water partition coefficient (Wildman–Crippen LogP) is 4.04. The molecule has 0 rings (SSSR count). The molecule has 0 aromatic carbocycles. The summed E-state index contributed by atoms with van der Waals surface area (Å²) < 4.78 is 5.86. The van der Waals surface area contributed by atoms with Crippen LogP contribution in [-0.2, 0) is 4.74 Å². The van der Waals surface area contributed by atoms with E-state index in [4.69, 9.17) is 4.74 Å². The molecule has 0 aromatic heterocycles. The van der Waals surface area contributed by atoms with E-state index < -0.39 is 0 Å². The minimum atomic E-state index is -0.0751. The van der Waals surface area contributed by atoms with Crippen molar-refractivity contribution in [3.63, 3.8) is 0 Å². The first kappa shape index (κ1) is 13.7. The van der Waals surface area contributed by atoms with Crippen LogP contribution in [-0.4, -0.2) is 12.2 Å². The summed E-state index contributed by atoms with van der Waals surface area (Å²) in [4.78, 5) is 0. The van der Waals surface area contributed by atoms with Crippen LogP contribution in [0.4, 0.5) is 0 Å². The van der Waals surface area contributed by atoms with Crippen molar-refractivity contribution in [3.05, 3.63) is 12.2 Å². The fraction of sp³-hybridized carbons (Fsp3) is 0.846. The summed E-state index contributed by atoms with van der Waals surface area (Å²) in [6.07, 6.45) is 4.29. The second-order valence-electron chi connectivity index (χ2n) is 5.74. The van der Waals surface area contributed by atoms with Crippen molar-refractivity contribution in [2.24, 2.45) is 11.3 Å². The molecule has 0 amide bonds. The molecule has 0 atom stereocenters. The van der Waals surface area contributed by atoms with Gasteiger partial charge in [-0.05, 0) is 25.2 Å². The summed E-state index contributed by atoms with van der Waals surface area (Å²) in [5, 5.41) is 0. The molecule has 0 saturated heterocycles. The van der Waals surface area contributed by atoms with Gasteiger partial charge >= 0.3 is 0 Å². The summed E-state index contributed by atoms with van der Waals surface area (Å²) in [6.45, 7) is 16.0. The maximum Gasteiger partial charge on any atom is 0.0678 e. The topological polar surface area (TPSA) is 9.23 Å². The Hall–Kier alpha value is -0.300. The molecule has 0 saturated carbocycles. The summed E-state index contributed by atoms with van der Waals surface area (Å²) in [6, 6.07) is 0. The third-order valence-electron chi connectivity index (χ3n) is 2.87. The molecule has 1 heteroatoms. The summed E-state index contributed by atoms with van der Waals surface area (Å²) in [7, 11) is 0. The first-order valence-corrected chi connectivity index (χ1v) is 5.47. The van der Waals surface area contributed by atoms with Crippen molar-refractivity contribution in [1.82, 2.24) is 0 Å². The quantitative estimate of drug-likeness (QED) is 0.619. The molecule has 0 aliphatic rings. The zero-order valence-corrected chi connectivity index (χ0v) is 10.8. The normalized spacial score (nSPS) is 14.3. The van der Waals surface area contributed by atoms with E-state index in [1.54, 1.807) is 0 Å². The molecule has 0 unspecified atom stereocenters. The number of hydrogen-bond donors (Lipinski definition) is 0. The largest absolute Gasteiger partial charge is 0.371 e. The molecule has 0 radical (unpaired) electrons. The van der Waals surface area contributed by atoms with Gasteiger partial charge in [-0.3, -0.25) is 0 Å². The maximum absolute atomic E-state index is 5.86. The van der Waals surface area contributed by atoms with Crippen LogP contribution in [0.1, 0.15) is 48.5 Å². The molecule has 0 bridgehead atoms. The van der Waals surface area contributed by atoms with E-state index in [0.717, 1.165) is 0 Å². The molecule has 0 aromatic rings. The summed E-state index contributed by atoms with van der Waals surface area (Å²) in [5.74, 6) is 0.608. The first-order valence-electron chi connectivity index (χ1n) is 5.47. The number of hydrogen-bond acceptors (Lipinski definition) is 1. The Labute approximate surface area is 89.5 Å². The minimum Gasteiger partial charge on any atom is -0.371 e. The lowest BCUT2D eigenvalue weighted by molar-refractivity contribution is -0.0787. The highest BCUT2D eigenvalue weighted by atomic mass is 16.5. The van der Waals surface area contributed by atoms with E-state index >= 15 is 0 Å². The molecule has 1 nitrogen and oxygen atoms in total. The van der Waals surface area contributed by atoms with Crippen LogP contribution in [0.3, 0.4) is 0 Å². The molecule has 0 fully saturated rings. The van der Waals surface area contributed by atoms with Crippen LogP contribution in [0.5, 0.6) is 0 Å². The second kappa shape index (κ2) is 4.97. The van der Waals surface area contributed by atoms with Crippen molar-refractivity contribution in [2.75, 3.05) is 6.61 Å². The fourth-order valence-electron chi connectivity index (χ4n) is 0.801. The van der Waals surface area contributed by atoms with E-state index in [1.165, 1.54) is 0 Å². The van der Waals surface area contributed by atoms with Crippen LogP contribution in [0.15, 0.2) is 12.2 Å². The Morgan fingerprint density at radius 2 is 1.57 bits per heavy atom. The van der Waals surface area contributed by atoms with Crippen LogP contribution in [0, 0.1) is 11.3 Å². The molecule has 0 heterocycles.